The molecule has 3 heterocycles. The number of aliphatic hydroxyl groups is 3. The first-order valence-electron chi connectivity index (χ1n) is 9.95. The first kappa shape index (κ1) is 19.2. The van der Waals surface area contributed by atoms with Crippen molar-refractivity contribution in [3.05, 3.63) is 42.0 Å². The highest BCUT2D eigenvalue weighted by atomic mass is 16.6. The number of benzene rings is 1. The minimum atomic E-state index is -1.22. The first-order valence-corrected chi connectivity index (χ1v) is 9.95. The maximum atomic E-state index is 10.3. The highest BCUT2D eigenvalue weighted by molar-refractivity contribution is 5.83. The average Bonchev–Trinajstić information content (AvgIpc) is 3.30. The Kier molecular flexibility index (Phi) is 4.78. The van der Waals surface area contributed by atoms with Crippen LogP contribution in [0.25, 0.3) is 11.2 Å². The molecule has 0 spiro atoms. The smallest absolute Gasteiger partial charge is 0.167 e. The number of anilines is 1. The molecule has 0 amide bonds. The Morgan fingerprint density at radius 1 is 1.17 bits per heavy atom. The summed E-state index contributed by atoms with van der Waals surface area (Å²) in [6, 6.07) is 5.40. The first-order chi connectivity index (χ1) is 14.6. The molecule has 1 aliphatic carbocycles. The number of aliphatic hydroxyl groups excluding tert-OH is 3. The summed E-state index contributed by atoms with van der Waals surface area (Å²) in [4.78, 5) is 13.0. The SMILES string of the molecule is OC[C@H]1O[C@@H](n2cnc3c(NC4CCCc5ccc(O)cc54)ncnc32)[C@H](O)[C@@H]1O. The summed E-state index contributed by atoms with van der Waals surface area (Å²) < 4.78 is 7.14. The number of fused-ring (bicyclic) bond motifs is 2. The number of hydrogen-bond donors (Lipinski definition) is 5. The van der Waals surface area contributed by atoms with Gasteiger partial charge in [0.2, 0.25) is 0 Å². The van der Waals surface area contributed by atoms with Crippen molar-refractivity contribution in [1.29, 1.82) is 0 Å². The number of phenols is 1. The third kappa shape index (κ3) is 3.08. The lowest BCUT2D eigenvalue weighted by Gasteiger charge is -2.27. The van der Waals surface area contributed by atoms with Crippen LogP contribution in [0.2, 0.25) is 0 Å². The minimum absolute atomic E-state index is 0.0296. The van der Waals surface area contributed by atoms with E-state index in [4.69, 9.17) is 4.74 Å². The van der Waals surface area contributed by atoms with Crippen molar-refractivity contribution in [2.24, 2.45) is 0 Å². The molecule has 1 fully saturated rings. The molecule has 5 atom stereocenters. The van der Waals surface area contributed by atoms with Gasteiger partial charge in [0, 0.05) is 0 Å². The summed E-state index contributed by atoms with van der Waals surface area (Å²) >= 11 is 0. The number of rotatable bonds is 4. The number of ether oxygens (including phenoxy) is 1. The van der Waals surface area contributed by atoms with Crippen LogP contribution in [0.4, 0.5) is 5.82 Å². The summed E-state index contributed by atoms with van der Waals surface area (Å²) in [5.74, 6) is 0.760. The van der Waals surface area contributed by atoms with Gasteiger partial charge in [-0.1, -0.05) is 6.07 Å². The molecule has 2 aliphatic rings. The van der Waals surface area contributed by atoms with Crippen molar-refractivity contribution in [2.45, 2.75) is 49.8 Å². The molecule has 30 heavy (non-hydrogen) atoms. The van der Waals surface area contributed by atoms with Crippen molar-refractivity contribution in [2.75, 3.05) is 11.9 Å². The largest absolute Gasteiger partial charge is 0.508 e. The second-order valence-corrected chi connectivity index (χ2v) is 7.75. The number of aryl methyl sites for hydroxylation is 1. The Hall–Kier alpha value is -2.79. The van der Waals surface area contributed by atoms with Crippen LogP contribution >= 0.6 is 0 Å². The molecular formula is C20H23N5O5. The molecule has 5 N–H and O–H groups in total. The van der Waals surface area contributed by atoms with Crippen LogP contribution in [0.15, 0.2) is 30.9 Å². The van der Waals surface area contributed by atoms with E-state index in [1.165, 1.54) is 22.8 Å². The van der Waals surface area contributed by atoms with Crippen molar-refractivity contribution in [3.8, 4) is 5.75 Å². The number of hydrogen-bond acceptors (Lipinski definition) is 9. The molecule has 10 nitrogen and oxygen atoms in total. The summed E-state index contributed by atoms with van der Waals surface area (Å²) in [5, 5.41) is 43.1. The van der Waals surface area contributed by atoms with Crippen LogP contribution in [0, 0.1) is 0 Å². The fourth-order valence-corrected chi connectivity index (χ4v) is 4.36. The predicted octanol–water partition coefficient (Wildman–Crippen LogP) is 0.633. The van der Waals surface area contributed by atoms with Crippen LogP contribution in [0.3, 0.4) is 0 Å². The van der Waals surface area contributed by atoms with E-state index in [9.17, 15) is 20.4 Å². The van der Waals surface area contributed by atoms with E-state index in [0.29, 0.717) is 17.0 Å². The number of nitrogens with one attached hydrogen (secondary N) is 1. The van der Waals surface area contributed by atoms with E-state index in [0.717, 1.165) is 24.8 Å². The third-order valence-electron chi connectivity index (χ3n) is 5.90. The third-order valence-corrected chi connectivity index (χ3v) is 5.90. The molecule has 0 saturated carbocycles. The van der Waals surface area contributed by atoms with Crippen molar-refractivity contribution >= 4 is 17.0 Å². The normalized spacial score (nSPS) is 28.6. The van der Waals surface area contributed by atoms with Gasteiger partial charge in [0.25, 0.3) is 0 Å². The fraction of sp³-hybridized carbons (Fsp3) is 0.450. The van der Waals surface area contributed by atoms with Crippen molar-refractivity contribution in [1.82, 2.24) is 19.5 Å². The molecule has 1 aliphatic heterocycles. The molecule has 2 aromatic heterocycles. The van der Waals surface area contributed by atoms with Crippen LogP contribution in [0.5, 0.6) is 5.75 Å². The lowest BCUT2D eigenvalue weighted by atomic mass is 9.87. The maximum Gasteiger partial charge on any atom is 0.167 e. The molecule has 10 heteroatoms. The Labute approximate surface area is 171 Å². The van der Waals surface area contributed by atoms with E-state index in [2.05, 4.69) is 20.3 Å². The molecule has 3 aromatic rings. The second kappa shape index (κ2) is 7.47. The van der Waals surface area contributed by atoms with Crippen LogP contribution < -0.4 is 5.32 Å². The molecule has 158 valence electrons. The standard InChI is InChI=1S/C20H23N5O5/c26-7-14-16(28)17(29)20(30-14)25-9-23-15-18(21-8-22-19(15)25)24-13-3-1-2-10-4-5-11(27)6-12(10)13/h4-6,8-9,13-14,16-17,20,26-29H,1-3,7H2,(H,21,22,24)/t13?,14-,16-,17-,20-/m1/s1. The zero-order valence-electron chi connectivity index (χ0n) is 16.1. The van der Waals surface area contributed by atoms with Gasteiger partial charge in [-0.2, -0.15) is 0 Å². The van der Waals surface area contributed by atoms with Gasteiger partial charge in [-0.15, -0.1) is 0 Å². The Balaban J connectivity index is 1.48. The molecule has 0 radical (unpaired) electrons. The fourth-order valence-electron chi connectivity index (χ4n) is 4.36. The highest BCUT2D eigenvalue weighted by Crippen LogP contribution is 2.36. The van der Waals surface area contributed by atoms with Gasteiger partial charge >= 0.3 is 0 Å². The molecule has 5 rings (SSSR count). The van der Waals surface area contributed by atoms with E-state index in [1.807, 2.05) is 6.07 Å². The monoisotopic (exact) mass is 413 g/mol. The van der Waals surface area contributed by atoms with Gasteiger partial charge < -0.3 is 30.5 Å². The second-order valence-electron chi connectivity index (χ2n) is 7.75. The quantitative estimate of drug-likeness (QED) is 0.416. The van der Waals surface area contributed by atoms with Crippen LogP contribution in [0.1, 0.15) is 36.2 Å². The van der Waals surface area contributed by atoms with Gasteiger partial charge in [0.05, 0.1) is 19.0 Å². The van der Waals surface area contributed by atoms with Crippen molar-refractivity contribution in [3.63, 3.8) is 0 Å². The molecule has 1 aromatic carbocycles. The van der Waals surface area contributed by atoms with Gasteiger partial charge in [-0.25, -0.2) is 15.0 Å². The van der Waals surface area contributed by atoms with E-state index >= 15 is 0 Å². The van der Waals surface area contributed by atoms with Gasteiger partial charge in [0.1, 0.15) is 30.4 Å². The Morgan fingerprint density at radius 2 is 2.03 bits per heavy atom. The molecular weight excluding hydrogens is 390 g/mol. The number of nitrogens with zero attached hydrogens (tertiary/aromatic N) is 4. The lowest BCUT2D eigenvalue weighted by molar-refractivity contribution is -0.0511. The van der Waals surface area contributed by atoms with E-state index in [1.54, 1.807) is 12.1 Å². The zero-order chi connectivity index (χ0) is 20.8. The lowest BCUT2D eigenvalue weighted by Crippen LogP contribution is -2.33. The number of aromatic nitrogens is 4. The zero-order valence-corrected chi connectivity index (χ0v) is 16.1. The Morgan fingerprint density at radius 3 is 2.83 bits per heavy atom. The summed E-state index contributed by atoms with van der Waals surface area (Å²) in [6.45, 7) is -0.406. The van der Waals surface area contributed by atoms with E-state index < -0.39 is 31.1 Å². The Bertz CT molecular complexity index is 1070. The van der Waals surface area contributed by atoms with Gasteiger partial charge in [-0.05, 0) is 42.5 Å². The number of phenolic OH excluding ortho intramolecular Hbond substituents is 1. The highest BCUT2D eigenvalue weighted by Gasteiger charge is 2.44. The maximum absolute atomic E-state index is 10.3. The molecule has 0 bridgehead atoms. The topological polar surface area (TPSA) is 146 Å². The number of aromatic hydroxyl groups is 1. The number of imidazole rings is 1. The average molecular weight is 413 g/mol. The molecule has 1 saturated heterocycles. The van der Waals surface area contributed by atoms with Gasteiger partial charge in [-0.3, -0.25) is 4.57 Å². The molecule has 1 unspecified atom stereocenters. The predicted molar refractivity (Wildman–Crippen MR) is 106 cm³/mol. The van der Waals surface area contributed by atoms with Crippen molar-refractivity contribution < 1.29 is 25.2 Å². The minimum Gasteiger partial charge on any atom is -0.508 e. The summed E-state index contributed by atoms with van der Waals surface area (Å²) in [7, 11) is 0. The van der Waals surface area contributed by atoms with Crippen LogP contribution in [-0.2, 0) is 11.2 Å². The summed E-state index contributed by atoms with van der Waals surface area (Å²) in [6.07, 6.45) is 1.51. The van der Waals surface area contributed by atoms with Crippen LogP contribution in [-0.4, -0.2) is 64.9 Å². The van der Waals surface area contributed by atoms with E-state index in [-0.39, 0.29) is 11.8 Å². The summed E-state index contributed by atoms with van der Waals surface area (Å²) in [5.41, 5.74) is 3.17. The van der Waals surface area contributed by atoms with Gasteiger partial charge in [0.15, 0.2) is 23.2 Å².